The molecule has 104 valence electrons. The molecule has 2 N–H and O–H groups in total. The van der Waals surface area contributed by atoms with Gasteiger partial charge in [-0.25, -0.2) is 9.97 Å². The molecule has 0 aliphatic heterocycles. The summed E-state index contributed by atoms with van der Waals surface area (Å²) < 4.78 is 6.49. The summed E-state index contributed by atoms with van der Waals surface area (Å²) in [7, 11) is 0. The van der Waals surface area contributed by atoms with Gasteiger partial charge in [-0.15, -0.1) is 0 Å². The van der Waals surface area contributed by atoms with E-state index in [1.165, 1.54) is 18.5 Å². The van der Waals surface area contributed by atoms with E-state index >= 15 is 0 Å². The maximum Gasteiger partial charge on any atom is 0.271 e. The number of non-ortho nitro benzene ring substituents is 1. The summed E-state index contributed by atoms with van der Waals surface area (Å²) in [5, 5.41) is 10.8. The molecule has 1 aromatic carbocycles. The Kier molecular flexibility index (Phi) is 4.19. The molecule has 0 saturated carbocycles. The highest BCUT2D eigenvalue weighted by atomic mass is 79.9. The van der Waals surface area contributed by atoms with E-state index in [0.717, 1.165) is 0 Å². The van der Waals surface area contributed by atoms with E-state index in [1.54, 1.807) is 6.92 Å². The van der Waals surface area contributed by atoms with Crippen LogP contribution in [0.4, 0.5) is 11.5 Å². The number of nitrogen functional groups attached to an aromatic ring is 1. The molecule has 1 aromatic heterocycles. The molecular weight excluding hydrogens is 396 g/mol. The summed E-state index contributed by atoms with van der Waals surface area (Å²) in [6.45, 7) is 1.72. The van der Waals surface area contributed by atoms with Crippen LogP contribution in [0.3, 0.4) is 0 Å². The van der Waals surface area contributed by atoms with Crippen molar-refractivity contribution in [1.29, 1.82) is 0 Å². The van der Waals surface area contributed by atoms with Crippen molar-refractivity contribution in [2.45, 2.75) is 6.92 Å². The number of halogens is 2. The fourth-order valence-electron chi connectivity index (χ4n) is 1.40. The Balaban J connectivity index is 2.44. The van der Waals surface area contributed by atoms with Gasteiger partial charge in [-0.1, -0.05) is 0 Å². The van der Waals surface area contributed by atoms with Crippen LogP contribution in [0.1, 0.15) is 5.56 Å². The van der Waals surface area contributed by atoms with Gasteiger partial charge in [0.2, 0.25) is 5.88 Å². The van der Waals surface area contributed by atoms with Crippen LogP contribution >= 0.6 is 31.9 Å². The Morgan fingerprint density at radius 3 is 2.45 bits per heavy atom. The lowest BCUT2D eigenvalue weighted by molar-refractivity contribution is -0.385. The zero-order valence-electron chi connectivity index (χ0n) is 10.1. The quantitative estimate of drug-likeness (QED) is 0.620. The minimum atomic E-state index is -0.493. The first-order valence-corrected chi connectivity index (χ1v) is 6.87. The number of nitro benzene ring substituents is 1. The van der Waals surface area contributed by atoms with E-state index in [1.807, 2.05) is 0 Å². The van der Waals surface area contributed by atoms with Crippen molar-refractivity contribution in [1.82, 2.24) is 9.97 Å². The summed E-state index contributed by atoms with van der Waals surface area (Å²) in [6, 6.07) is 2.69. The third kappa shape index (κ3) is 2.88. The number of nitro groups is 1. The van der Waals surface area contributed by atoms with E-state index in [-0.39, 0.29) is 11.6 Å². The molecule has 0 amide bonds. The molecule has 0 saturated heterocycles. The first kappa shape index (κ1) is 14.7. The van der Waals surface area contributed by atoms with Crippen LogP contribution in [0.25, 0.3) is 0 Å². The lowest BCUT2D eigenvalue weighted by Gasteiger charge is -2.11. The third-order valence-corrected chi connectivity index (χ3v) is 3.65. The van der Waals surface area contributed by atoms with E-state index in [2.05, 4.69) is 41.8 Å². The number of anilines is 1. The lowest BCUT2D eigenvalue weighted by Crippen LogP contribution is -2.00. The van der Waals surface area contributed by atoms with Gasteiger partial charge >= 0.3 is 0 Å². The van der Waals surface area contributed by atoms with Crippen molar-refractivity contribution in [3.8, 4) is 11.6 Å². The summed E-state index contributed by atoms with van der Waals surface area (Å²) >= 11 is 6.47. The van der Waals surface area contributed by atoms with Gasteiger partial charge in [0.15, 0.2) is 5.75 Å². The highest BCUT2D eigenvalue weighted by molar-refractivity contribution is 9.11. The monoisotopic (exact) mass is 402 g/mol. The first-order valence-electron chi connectivity index (χ1n) is 5.28. The Morgan fingerprint density at radius 1 is 1.30 bits per heavy atom. The Bertz CT molecular complexity index is 670. The number of aromatic nitrogens is 2. The molecular formula is C11H8Br2N4O3. The van der Waals surface area contributed by atoms with Gasteiger partial charge in [-0.2, -0.15) is 0 Å². The second kappa shape index (κ2) is 5.71. The molecule has 9 heteroatoms. The minimum Gasteiger partial charge on any atom is -0.436 e. The molecule has 0 aliphatic carbocycles. The Morgan fingerprint density at radius 2 is 1.90 bits per heavy atom. The van der Waals surface area contributed by atoms with Crippen LogP contribution in [-0.2, 0) is 0 Å². The van der Waals surface area contributed by atoms with Gasteiger partial charge in [-0.05, 0) is 38.8 Å². The average Bonchev–Trinajstić information content (AvgIpc) is 2.38. The van der Waals surface area contributed by atoms with Crippen molar-refractivity contribution in [2.24, 2.45) is 0 Å². The largest absolute Gasteiger partial charge is 0.436 e. The lowest BCUT2D eigenvalue weighted by atomic mass is 10.3. The zero-order chi connectivity index (χ0) is 14.9. The fourth-order valence-corrected chi connectivity index (χ4v) is 2.72. The van der Waals surface area contributed by atoms with Crippen LogP contribution in [0.15, 0.2) is 27.4 Å². The van der Waals surface area contributed by atoms with Crippen LogP contribution in [-0.4, -0.2) is 14.9 Å². The van der Waals surface area contributed by atoms with Gasteiger partial charge in [0, 0.05) is 12.1 Å². The Labute approximate surface area is 130 Å². The molecule has 0 fully saturated rings. The van der Waals surface area contributed by atoms with Crippen molar-refractivity contribution in [2.75, 3.05) is 5.73 Å². The predicted octanol–water partition coefficient (Wildman–Crippen LogP) is 3.59. The molecule has 7 nitrogen and oxygen atoms in total. The number of benzene rings is 1. The van der Waals surface area contributed by atoms with Crippen LogP contribution < -0.4 is 10.5 Å². The molecule has 1 heterocycles. The van der Waals surface area contributed by atoms with Gasteiger partial charge < -0.3 is 10.5 Å². The third-order valence-electron chi connectivity index (χ3n) is 2.47. The maximum absolute atomic E-state index is 10.8. The topological polar surface area (TPSA) is 104 Å². The standard InChI is InChI=1S/C11H8Br2N4O3/c1-5-10(14)15-4-16-11(5)20-9-7(12)2-6(17(18)19)3-8(9)13/h2-4H,1H3,(H2,14,15,16). The Hall–Kier alpha value is -1.74. The molecule has 0 bridgehead atoms. The van der Waals surface area contributed by atoms with Gasteiger partial charge in [0.05, 0.1) is 19.4 Å². The normalized spacial score (nSPS) is 10.3. The maximum atomic E-state index is 10.8. The highest BCUT2D eigenvalue weighted by Crippen LogP contribution is 2.40. The highest BCUT2D eigenvalue weighted by Gasteiger charge is 2.17. The summed E-state index contributed by atoms with van der Waals surface area (Å²) in [4.78, 5) is 18.1. The number of hydrogen-bond acceptors (Lipinski definition) is 6. The summed E-state index contributed by atoms with van der Waals surface area (Å²) in [5.41, 5.74) is 6.20. The number of nitrogens with zero attached hydrogens (tertiary/aromatic N) is 3. The van der Waals surface area contributed by atoms with Gasteiger partial charge in [0.1, 0.15) is 12.1 Å². The second-order valence-corrected chi connectivity index (χ2v) is 5.50. The molecule has 0 spiro atoms. The summed E-state index contributed by atoms with van der Waals surface area (Å²) in [5.74, 6) is 0.966. The summed E-state index contributed by atoms with van der Waals surface area (Å²) in [6.07, 6.45) is 1.28. The average molecular weight is 404 g/mol. The van der Waals surface area contributed by atoms with Crippen molar-refractivity contribution >= 4 is 43.4 Å². The van der Waals surface area contributed by atoms with Crippen LogP contribution in [0.2, 0.25) is 0 Å². The van der Waals surface area contributed by atoms with Crippen LogP contribution in [0, 0.1) is 17.0 Å². The molecule has 20 heavy (non-hydrogen) atoms. The molecule has 0 aliphatic rings. The number of hydrogen-bond donors (Lipinski definition) is 1. The van der Waals surface area contributed by atoms with Crippen molar-refractivity contribution < 1.29 is 9.66 Å². The van der Waals surface area contributed by atoms with E-state index in [4.69, 9.17) is 10.5 Å². The number of rotatable bonds is 3. The van der Waals surface area contributed by atoms with Crippen molar-refractivity contribution in [3.63, 3.8) is 0 Å². The first-order chi connectivity index (χ1) is 9.40. The van der Waals surface area contributed by atoms with E-state index in [0.29, 0.717) is 26.1 Å². The minimum absolute atomic E-state index is 0.0602. The van der Waals surface area contributed by atoms with Gasteiger partial charge in [0.25, 0.3) is 5.69 Å². The second-order valence-electron chi connectivity index (χ2n) is 3.79. The van der Waals surface area contributed by atoms with E-state index < -0.39 is 4.92 Å². The number of ether oxygens (including phenoxy) is 1. The van der Waals surface area contributed by atoms with E-state index in [9.17, 15) is 10.1 Å². The smallest absolute Gasteiger partial charge is 0.271 e. The predicted molar refractivity (Wildman–Crippen MR) is 79.8 cm³/mol. The zero-order valence-corrected chi connectivity index (χ0v) is 13.3. The molecule has 2 rings (SSSR count). The number of nitrogens with two attached hydrogens (primary N) is 1. The molecule has 2 aromatic rings. The van der Waals surface area contributed by atoms with Crippen molar-refractivity contribution in [3.05, 3.63) is 43.1 Å². The molecule has 0 atom stereocenters. The molecule has 0 unspecified atom stereocenters. The van der Waals surface area contributed by atoms with Crippen LogP contribution in [0.5, 0.6) is 11.6 Å². The van der Waals surface area contributed by atoms with Gasteiger partial charge in [-0.3, -0.25) is 10.1 Å². The molecule has 0 radical (unpaired) electrons. The SMILES string of the molecule is Cc1c(N)ncnc1Oc1c(Br)cc([N+](=O)[O-])cc1Br. The fraction of sp³-hybridized carbons (Fsp3) is 0.0909.